The van der Waals surface area contributed by atoms with Crippen LogP contribution in [-0.4, -0.2) is 19.2 Å². The third kappa shape index (κ3) is 2.25. The van der Waals surface area contributed by atoms with Crippen LogP contribution in [0, 0.1) is 6.92 Å². The Morgan fingerprint density at radius 1 is 1.46 bits per heavy atom. The van der Waals surface area contributed by atoms with E-state index >= 15 is 0 Å². The first-order chi connectivity index (χ1) is 6.19. The summed E-state index contributed by atoms with van der Waals surface area (Å²) in [7, 11) is 1.65. The summed E-state index contributed by atoms with van der Waals surface area (Å²) in [5.41, 5.74) is 1.77. The normalized spacial score (nSPS) is 9.77. The number of rotatable bonds is 2. The Morgan fingerprint density at radius 2 is 2.15 bits per heavy atom. The summed E-state index contributed by atoms with van der Waals surface area (Å²) in [5.74, 6) is -0.0200. The standard InChI is InChI=1S/C10H13NOS/c1-7-4-5-8(13-3)6-9(7)10(12)11-2/h4-6H,1-3H3,(H,11,12). The molecule has 0 aromatic heterocycles. The minimum atomic E-state index is -0.0200. The number of hydrogen-bond acceptors (Lipinski definition) is 2. The number of hydrogen-bond donors (Lipinski definition) is 1. The van der Waals surface area contributed by atoms with Crippen molar-refractivity contribution < 1.29 is 4.79 Å². The molecule has 0 saturated carbocycles. The predicted octanol–water partition coefficient (Wildman–Crippen LogP) is 2.08. The third-order valence-electron chi connectivity index (χ3n) is 1.92. The molecule has 2 nitrogen and oxygen atoms in total. The first-order valence-corrected chi connectivity index (χ1v) is 5.28. The van der Waals surface area contributed by atoms with E-state index < -0.39 is 0 Å². The van der Waals surface area contributed by atoms with Gasteiger partial charge in [-0.3, -0.25) is 4.79 Å². The number of carbonyl (C=O) groups is 1. The van der Waals surface area contributed by atoms with Gasteiger partial charge in [-0.15, -0.1) is 11.8 Å². The fourth-order valence-corrected chi connectivity index (χ4v) is 1.55. The van der Waals surface area contributed by atoms with Crippen LogP contribution in [0.15, 0.2) is 23.1 Å². The van der Waals surface area contributed by atoms with Gasteiger partial charge in [-0.1, -0.05) is 6.07 Å². The topological polar surface area (TPSA) is 29.1 Å². The Hall–Kier alpha value is -0.960. The zero-order valence-corrected chi connectivity index (χ0v) is 8.87. The molecule has 0 bridgehead atoms. The number of carbonyl (C=O) groups excluding carboxylic acids is 1. The van der Waals surface area contributed by atoms with Crippen molar-refractivity contribution in [3.63, 3.8) is 0 Å². The van der Waals surface area contributed by atoms with E-state index in [2.05, 4.69) is 5.32 Å². The summed E-state index contributed by atoms with van der Waals surface area (Å²) in [4.78, 5) is 12.5. The van der Waals surface area contributed by atoms with Gasteiger partial charge in [0.25, 0.3) is 5.91 Å². The van der Waals surface area contributed by atoms with Crippen LogP contribution in [0.4, 0.5) is 0 Å². The molecule has 0 radical (unpaired) electrons. The minimum Gasteiger partial charge on any atom is -0.355 e. The molecular formula is C10H13NOS. The molecule has 0 aliphatic rings. The van der Waals surface area contributed by atoms with Crippen molar-refractivity contribution in [2.45, 2.75) is 11.8 Å². The first kappa shape index (κ1) is 10.1. The van der Waals surface area contributed by atoms with E-state index in [1.165, 1.54) is 0 Å². The van der Waals surface area contributed by atoms with Crippen molar-refractivity contribution in [3.8, 4) is 0 Å². The van der Waals surface area contributed by atoms with Crippen LogP contribution in [0.1, 0.15) is 15.9 Å². The van der Waals surface area contributed by atoms with Crippen LogP contribution in [0.2, 0.25) is 0 Å². The highest BCUT2D eigenvalue weighted by Gasteiger charge is 2.06. The Labute approximate surface area is 82.7 Å². The van der Waals surface area contributed by atoms with Crippen LogP contribution in [0.25, 0.3) is 0 Å². The van der Waals surface area contributed by atoms with Gasteiger partial charge in [-0.25, -0.2) is 0 Å². The third-order valence-corrected chi connectivity index (χ3v) is 2.64. The molecule has 0 aliphatic carbocycles. The molecule has 1 aromatic carbocycles. The van der Waals surface area contributed by atoms with E-state index in [4.69, 9.17) is 0 Å². The van der Waals surface area contributed by atoms with Gasteiger partial charge in [0.15, 0.2) is 0 Å². The monoisotopic (exact) mass is 195 g/mol. The van der Waals surface area contributed by atoms with Gasteiger partial charge in [-0.05, 0) is 30.9 Å². The second-order valence-electron chi connectivity index (χ2n) is 2.76. The van der Waals surface area contributed by atoms with Gasteiger partial charge < -0.3 is 5.32 Å². The molecule has 13 heavy (non-hydrogen) atoms. The molecule has 1 N–H and O–H groups in total. The van der Waals surface area contributed by atoms with Gasteiger partial charge >= 0.3 is 0 Å². The molecule has 1 rings (SSSR count). The fraction of sp³-hybridized carbons (Fsp3) is 0.300. The van der Waals surface area contributed by atoms with Crippen LogP contribution >= 0.6 is 11.8 Å². The molecular weight excluding hydrogens is 182 g/mol. The molecule has 0 aliphatic heterocycles. The zero-order valence-electron chi connectivity index (χ0n) is 8.05. The highest BCUT2D eigenvalue weighted by Crippen LogP contribution is 2.18. The van der Waals surface area contributed by atoms with E-state index in [-0.39, 0.29) is 5.91 Å². The number of thioether (sulfide) groups is 1. The minimum absolute atomic E-state index is 0.0200. The molecule has 1 amide bonds. The largest absolute Gasteiger partial charge is 0.355 e. The van der Waals surface area contributed by atoms with Crippen molar-refractivity contribution in [2.75, 3.05) is 13.3 Å². The second kappa shape index (κ2) is 4.33. The maximum absolute atomic E-state index is 11.4. The van der Waals surface area contributed by atoms with Crippen molar-refractivity contribution in [1.29, 1.82) is 0 Å². The smallest absolute Gasteiger partial charge is 0.251 e. The Bertz CT molecular complexity index is 323. The highest BCUT2D eigenvalue weighted by molar-refractivity contribution is 7.98. The average molecular weight is 195 g/mol. The maximum Gasteiger partial charge on any atom is 0.251 e. The molecule has 1 aromatic rings. The lowest BCUT2D eigenvalue weighted by Crippen LogP contribution is -2.18. The van der Waals surface area contributed by atoms with Gasteiger partial charge in [0.2, 0.25) is 0 Å². The van der Waals surface area contributed by atoms with E-state index in [1.54, 1.807) is 18.8 Å². The van der Waals surface area contributed by atoms with E-state index in [0.717, 1.165) is 16.0 Å². The van der Waals surface area contributed by atoms with Crippen molar-refractivity contribution >= 4 is 17.7 Å². The average Bonchev–Trinajstić information content (AvgIpc) is 2.17. The van der Waals surface area contributed by atoms with Crippen molar-refractivity contribution in [2.24, 2.45) is 0 Å². The zero-order chi connectivity index (χ0) is 9.84. The number of benzene rings is 1. The summed E-state index contributed by atoms with van der Waals surface area (Å²) in [5, 5.41) is 2.63. The Balaban J connectivity index is 3.11. The second-order valence-corrected chi connectivity index (χ2v) is 3.64. The van der Waals surface area contributed by atoms with E-state index in [0.29, 0.717) is 0 Å². The fourth-order valence-electron chi connectivity index (χ4n) is 1.11. The molecule has 0 atom stereocenters. The van der Waals surface area contributed by atoms with Gasteiger partial charge in [0.05, 0.1) is 0 Å². The SMILES string of the molecule is CNC(=O)c1cc(SC)ccc1C. The lowest BCUT2D eigenvalue weighted by molar-refractivity contribution is 0.0962. The van der Waals surface area contributed by atoms with E-state index in [1.807, 2.05) is 31.4 Å². The predicted molar refractivity (Wildman–Crippen MR) is 56.4 cm³/mol. The van der Waals surface area contributed by atoms with Crippen LogP contribution in [-0.2, 0) is 0 Å². The van der Waals surface area contributed by atoms with Gasteiger partial charge in [0, 0.05) is 17.5 Å². The van der Waals surface area contributed by atoms with Crippen molar-refractivity contribution in [3.05, 3.63) is 29.3 Å². The molecule has 0 unspecified atom stereocenters. The summed E-state index contributed by atoms with van der Waals surface area (Å²) in [6.07, 6.45) is 2.00. The lowest BCUT2D eigenvalue weighted by Gasteiger charge is -2.05. The quantitative estimate of drug-likeness (QED) is 0.732. The molecule has 3 heteroatoms. The molecule has 0 heterocycles. The summed E-state index contributed by atoms with van der Waals surface area (Å²) < 4.78 is 0. The maximum atomic E-state index is 11.4. The molecule has 0 fully saturated rings. The summed E-state index contributed by atoms with van der Waals surface area (Å²) >= 11 is 1.64. The highest BCUT2D eigenvalue weighted by atomic mass is 32.2. The Morgan fingerprint density at radius 3 is 2.69 bits per heavy atom. The van der Waals surface area contributed by atoms with Crippen molar-refractivity contribution in [1.82, 2.24) is 5.32 Å². The summed E-state index contributed by atoms with van der Waals surface area (Å²) in [6.45, 7) is 1.94. The molecule has 70 valence electrons. The van der Waals surface area contributed by atoms with Crippen LogP contribution in [0.5, 0.6) is 0 Å². The number of amides is 1. The van der Waals surface area contributed by atoms with Gasteiger partial charge in [0.1, 0.15) is 0 Å². The lowest BCUT2D eigenvalue weighted by atomic mass is 10.1. The van der Waals surface area contributed by atoms with E-state index in [9.17, 15) is 4.79 Å². The summed E-state index contributed by atoms with van der Waals surface area (Å²) in [6, 6.07) is 5.90. The number of nitrogens with one attached hydrogen (secondary N) is 1. The van der Waals surface area contributed by atoms with Gasteiger partial charge in [-0.2, -0.15) is 0 Å². The Kier molecular flexibility index (Phi) is 3.37. The molecule has 0 saturated heterocycles. The molecule has 0 spiro atoms. The van der Waals surface area contributed by atoms with Crippen LogP contribution < -0.4 is 5.32 Å². The van der Waals surface area contributed by atoms with Crippen LogP contribution in [0.3, 0.4) is 0 Å². The number of aryl methyl sites for hydroxylation is 1. The first-order valence-electron chi connectivity index (χ1n) is 4.05.